The van der Waals surface area contributed by atoms with Gasteiger partial charge in [0.25, 0.3) is 0 Å². The number of fused-ring (bicyclic) bond motifs is 1. The molecular formula is C20H19N5O2. The van der Waals surface area contributed by atoms with E-state index in [0.717, 1.165) is 22.2 Å². The van der Waals surface area contributed by atoms with Gasteiger partial charge in [0, 0.05) is 23.6 Å². The molecule has 136 valence electrons. The molecule has 0 aliphatic rings. The number of guanidine groups is 1. The summed E-state index contributed by atoms with van der Waals surface area (Å²) in [5.41, 5.74) is 4.72. The predicted octanol–water partition coefficient (Wildman–Crippen LogP) is 3.26. The molecular weight excluding hydrogens is 342 g/mol. The largest absolute Gasteiger partial charge is 0.326 e. The maximum absolute atomic E-state index is 11.3. The minimum Gasteiger partial charge on any atom is -0.326 e. The van der Waals surface area contributed by atoms with Crippen LogP contribution in [-0.4, -0.2) is 23.3 Å². The maximum atomic E-state index is 11.3. The highest BCUT2D eigenvalue weighted by Crippen LogP contribution is 2.31. The summed E-state index contributed by atoms with van der Waals surface area (Å²) in [7, 11) is 0. The fourth-order valence-corrected chi connectivity index (χ4v) is 2.84. The number of nitrogens with one attached hydrogen (secondary N) is 4. The van der Waals surface area contributed by atoms with Gasteiger partial charge in [0.05, 0.1) is 16.9 Å². The third-order valence-corrected chi connectivity index (χ3v) is 4.01. The van der Waals surface area contributed by atoms with Crippen LogP contribution in [0.3, 0.4) is 0 Å². The lowest BCUT2D eigenvalue weighted by Gasteiger charge is -2.14. The first-order valence-corrected chi connectivity index (χ1v) is 8.32. The number of aryl methyl sites for hydroxylation is 1. The van der Waals surface area contributed by atoms with Crippen molar-refractivity contribution in [3.05, 3.63) is 54.1 Å². The summed E-state index contributed by atoms with van der Waals surface area (Å²) in [6.45, 7) is 3.44. The molecule has 27 heavy (non-hydrogen) atoms. The van der Waals surface area contributed by atoms with E-state index in [0.29, 0.717) is 23.3 Å². The lowest BCUT2D eigenvalue weighted by atomic mass is 10.0. The first-order chi connectivity index (χ1) is 13.0. The summed E-state index contributed by atoms with van der Waals surface area (Å²) in [6, 6.07) is 15.1. The molecule has 0 radical (unpaired) electrons. The van der Waals surface area contributed by atoms with E-state index < -0.39 is 0 Å². The molecule has 0 fully saturated rings. The van der Waals surface area contributed by atoms with Crippen LogP contribution in [0.15, 0.2) is 48.5 Å². The van der Waals surface area contributed by atoms with E-state index in [-0.39, 0.29) is 11.9 Å². The number of amides is 2. The summed E-state index contributed by atoms with van der Waals surface area (Å²) in [6.07, 6.45) is 0.434. The fourth-order valence-electron chi connectivity index (χ4n) is 2.84. The van der Waals surface area contributed by atoms with Crippen LogP contribution in [-0.2, 0) is 9.59 Å². The average molecular weight is 361 g/mol. The minimum atomic E-state index is -0.177. The zero-order chi connectivity index (χ0) is 19.4. The Bertz CT molecular complexity index is 1050. The second kappa shape index (κ2) is 7.65. The second-order valence-electron chi connectivity index (χ2n) is 6.05. The third-order valence-electron chi connectivity index (χ3n) is 4.01. The Morgan fingerprint density at radius 1 is 1.11 bits per heavy atom. The Labute approximate surface area is 156 Å². The first-order valence-electron chi connectivity index (χ1n) is 8.32. The van der Waals surface area contributed by atoms with Gasteiger partial charge in [-0.3, -0.25) is 20.3 Å². The van der Waals surface area contributed by atoms with Gasteiger partial charge in [-0.05, 0) is 36.8 Å². The topological polar surface area (TPSA) is 107 Å². The van der Waals surface area contributed by atoms with Gasteiger partial charge in [0.2, 0.25) is 12.3 Å². The summed E-state index contributed by atoms with van der Waals surface area (Å²) in [5.74, 6) is -0.332. The van der Waals surface area contributed by atoms with Crippen molar-refractivity contribution in [3.63, 3.8) is 0 Å². The van der Waals surface area contributed by atoms with Crippen LogP contribution in [0, 0.1) is 12.3 Å². The maximum Gasteiger partial charge on any atom is 0.221 e. The highest BCUT2D eigenvalue weighted by Gasteiger charge is 2.11. The van der Waals surface area contributed by atoms with E-state index in [1.54, 1.807) is 12.1 Å². The van der Waals surface area contributed by atoms with Crippen LogP contribution >= 0.6 is 0 Å². The molecule has 1 heterocycles. The van der Waals surface area contributed by atoms with Gasteiger partial charge in [0.15, 0.2) is 5.96 Å². The smallest absolute Gasteiger partial charge is 0.221 e. The molecule has 0 bridgehead atoms. The summed E-state index contributed by atoms with van der Waals surface area (Å²) >= 11 is 0. The predicted molar refractivity (Wildman–Crippen MR) is 107 cm³/mol. The second-order valence-corrected chi connectivity index (χ2v) is 6.05. The fraction of sp³-hybridized carbons (Fsp3) is 0.100. The van der Waals surface area contributed by atoms with Crippen molar-refractivity contribution in [3.8, 4) is 11.3 Å². The summed E-state index contributed by atoms with van der Waals surface area (Å²) in [4.78, 5) is 26.7. The van der Waals surface area contributed by atoms with Crippen LogP contribution in [0.1, 0.15) is 12.5 Å². The molecule has 0 spiro atoms. The van der Waals surface area contributed by atoms with E-state index in [4.69, 9.17) is 10.4 Å². The Hall–Kier alpha value is -3.74. The van der Waals surface area contributed by atoms with E-state index in [1.807, 2.05) is 43.3 Å². The van der Waals surface area contributed by atoms with Crippen molar-refractivity contribution in [2.24, 2.45) is 0 Å². The Morgan fingerprint density at radius 2 is 1.89 bits per heavy atom. The number of aromatic nitrogens is 1. The number of carbonyl (C=O) groups is 2. The number of hydrogen-bond donors (Lipinski definition) is 4. The lowest BCUT2D eigenvalue weighted by molar-refractivity contribution is -0.114. The van der Waals surface area contributed by atoms with E-state index in [1.165, 1.54) is 6.92 Å². The van der Waals surface area contributed by atoms with Crippen molar-refractivity contribution in [2.75, 3.05) is 10.6 Å². The molecule has 2 aromatic carbocycles. The van der Waals surface area contributed by atoms with Gasteiger partial charge >= 0.3 is 0 Å². The third kappa shape index (κ3) is 4.09. The number of hydrogen-bond acceptors (Lipinski definition) is 4. The van der Waals surface area contributed by atoms with Crippen LogP contribution in [0.5, 0.6) is 0 Å². The van der Waals surface area contributed by atoms with Gasteiger partial charge in [-0.15, -0.1) is 0 Å². The molecule has 0 unspecified atom stereocenters. The van der Waals surface area contributed by atoms with Gasteiger partial charge in [-0.1, -0.05) is 24.3 Å². The van der Waals surface area contributed by atoms with Crippen molar-refractivity contribution < 1.29 is 9.59 Å². The van der Waals surface area contributed by atoms with Crippen molar-refractivity contribution in [1.29, 1.82) is 5.41 Å². The van der Waals surface area contributed by atoms with Gasteiger partial charge in [-0.2, -0.15) is 0 Å². The number of benzene rings is 2. The monoisotopic (exact) mass is 361 g/mol. The van der Waals surface area contributed by atoms with Crippen molar-refractivity contribution in [1.82, 2.24) is 10.3 Å². The van der Waals surface area contributed by atoms with Gasteiger partial charge in [-0.25, -0.2) is 4.98 Å². The number of carbonyl (C=O) groups excluding carboxylic acids is 2. The van der Waals surface area contributed by atoms with E-state index in [9.17, 15) is 9.59 Å². The van der Waals surface area contributed by atoms with Crippen LogP contribution < -0.4 is 16.0 Å². The highest BCUT2D eigenvalue weighted by atomic mass is 16.1. The van der Waals surface area contributed by atoms with Crippen LogP contribution in [0.25, 0.3) is 22.2 Å². The quantitative estimate of drug-likeness (QED) is 0.325. The first kappa shape index (κ1) is 18.1. The Kier molecular flexibility index (Phi) is 5.12. The molecule has 0 aliphatic heterocycles. The summed E-state index contributed by atoms with van der Waals surface area (Å²) in [5, 5.41) is 16.5. The molecule has 4 N–H and O–H groups in total. The molecule has 3 rings (SSSR count). The number of anilines is 2. The van der Waals surface area contributed by atoms with Crippen molar-refractivity contribution in [2.45, 2.75) is 13.8 Å². The van der Waals surface area contributed by atoms with E-state index >= 15 is 0 Å². The zero-order valence-corrected chi connectivity index (χ0v) is 15.0. The Morgan fingerprint density at radius 3 is 2.59 bits per heavy atom. The zero-order valence-electron chi connectivity index (χ0n) is 15.0. The SMILES string of the molecule is CC(=O)Nc1ccc2nc(-c3ccccc3C)cc(NC(=N)NC=O)c2c1. The normalized spacial score (nSPS) is 10.3. The Balaban J connectivity index is 2.17. The molecule has 0 aliphatic carbocycles. The average Bonchev–Trinajstić information content (AvgIpc) is 2.62. The van der Waals surface area contributed by atoms with E-state index in [2.05, 4.69) is 16.0 Å². The highest BCUT2D eigenvalue weighted by molar-refractivity contribution is 6.06. The molecule has 0 atom stereocenters. The summed E-state index contributed by atoms with van der Waals surface area (Å²) < 4.78 is 0. The standard InChI is InChI=1S/C20H19N5O2/c1-12-5-3-4-6-15(12)18-10-19(25-20(21)22-11-26)16-9-14(23-13(2)27)7-8-17(16)24-18/h3-11H,1-2H3,(H,23,27)(H3,21,22,24,25,26). The molecule has 3 aromatic rings. The van der Waals surface area contributed by atoms with Crippen molar-refractivity contribution >= 4 is 40.6 Å². The number of nitrogens with zero attached hydrogens (tertiary/aromatic N) is 1. The molecule has 1 aromatic heterocycles. The van der Waals surface area contributed by atoms with Gasteiger partial charge < -0.3 is 10.6 Å². The van der Waals surface area contributed by atoms with Crippen LogP contribution in [0.4, 0.5) is 11.4 Å². The van der Waals surface area contributed by atoms with Gasteiger partial charge in [0.1, 0.15) is 0 Å². The number of rotatable bonds is 4. The molecule has 0 saturated carbocycles. The minimum absolute atomic E-state index is 0.154. The van der Waals surface area contributed by atoms with Crippen LogP contribution in [0.2, 0.25) is 0 Å². The molecule has 7 heteroatoms. The number of pyridine rings is 1. The molecule has 7 nitrogen and oxygen atoms in total. The molecule has 0 saturated heterocycles. The molecule has 2 amide bonds. The lowest BCUT2D eigenvalue weighted by Crippen LogP contribution is -2.28.